The SMILES string of the molecule is O=C1COC[C@H]([C@H](O)c2ccc(NS(=O)(=O)c3ccc(F)cc3)cc2)N1. The summed E-state index contributed by atoms with van der Waals surface area (Å²) in [4.78, 5) is 11.3. The predicted octanol–water partition coefficient (Wildman–Crippen LogP) is 1.17. The maximum Gasteiger partial charge on any atom is 0.261 e. The van der Waals surface area contributed by atoms with Gasteiger partial charge >= 0.3 is 0 Å². The fourth-order valence-corrected chi connectivity index (χ4v) is 3.61. The van der Waals surface area contributed by atoms with E-state index in [1.54, 1.807) is 12.1 Å². The minimum absolute atomic E-state index is 0.0344. The minimum atomic E-state index is -3.85. The van der Waals surface area contributed by atoms with E-state index in [1.165, 1.54) is 24.3 Å². The Morgan fingerprint density at radius 3 is 2.42 bits per heavy atom. The first-order valence-electron chi connectivity index (χ1n) is 7.79. The van der Waals surface area contributed by atoms with Crippen molar-refractivity contribution in [1.29, 1.82) is 0 Å². The lowest BCUT2D eigenvalue weighted by Crippen LogP contribution is -2.48. The molecule has 1 saturated heterocycles. The van der Waals surface area contributed by atoms with Crippen molar-refractivity contribution in [3.05, 3.63) is 59.9 Å². The van der Waals surface area contributed by atoms with Crippen LogP contribution in [0.5, 0.6) is 0 Å². The van der Waals surface area contributed by atoms with Crippen molar-refractivity contribution in [1.82, 2.24) is 5.32 Å². The van der Waals surface area contributed by atoms with Gasteiger partial charge in [0, 0.05) is 5.69 Å². The highest BCUT2D eigenvalue weighted by molar-refractivity contribution is 7.92. The summed E-state index contributed by atoms with van der Waals surface area (Å²) in [7, 11) is -3.85. The number of aliphatic hydroxyl groups is 1. The number of hydrogen-bond acceptors (Lipinski definition) is 5. The highest BCUT2D eigenvalue weighted by atomic mass is 32.2. The van der Waals surface area contributed by atoms with E-state index in [0.717, 1.165) is 12.1 Å². The third kappa shape index (κ3) is 4.18. The summed E-state index contributed by atoms with van der Waals surface area (Å²) in [5.74, 6) is -0.829. The number of sulfonamides is 1. The number of aliphatic hydroxyl groups excluding tert-OH is 1. The van der Waals surface area contributed by atoms with E-state index >= 15 is 0 Å². The van der Waals surface area contributed by atoms with Gasteiger partial charge in [-0.2, -0.15) is 0 Å². The van der Waals surface area contributed by atoms with Crippen LogP contribution in [0.25, 0.3) is 0 Å². The van der Waals surface area contributed by atoms with Gasteiger partial charge in [-0.15, -0.1) is 0 Å². The Labute approximate surface area is 149 Å². The molecule has 0 aliphatic carbocycles. The molecule has 7 nitrogen and oxygen atoms in total. The van der Waals surface area contributed by atoms with E-state index in [-0.39, 0.29) is 29.7 Å². The van der Waals surface area contributed by atoms with Gasteiger partial charge in [-0.3, -0.25) is 9.52 Å². The third-order valence-electron chi connectivity index (χ3n) is 3.89. The van der Waals surface area contributed by atoms with Gasteiger partial charge < -0.3 is 15.2 Å². The zero-order valence-corrected chi connectivity index (χ0v) is 14.4. The average molecular weight is 380 g/mol. The van der Waals surface area contributed by atoms with Crippen LogP contribution in [0.3, 0.4) is 0 Å². The Morgan fingerprint density at radius 1 is 1.15 bits per heavy atom. The number of carbonyl (C=O) groups excluding carboxylic acids is 1. The highest BCUT2D eigenvalue weighted by Crippen LogP contribution is 2.22. The summed E-state index contributed by atoms with van der Waals surface area (Å²) in [6.45, 7) is 0.152. The molecule has 1 aliphatic heterocycles. The van der Waals surface area contributed by atoms with Gasteiger partial charge in [0.05, 0.1) is 17.5 Å². The molecule has 0 bridgehead atoms. The molecular formula is C17H17FN2O5S. The number of hydrogen-bond donors (Lipinski definition) is 3. The van der Waals surface area contributed by atoms with E-state index in [1.807, 2.05) is 0 Å². The predicted molar refractivity (Wildman–Crippen MR) is 91.4 cm³/mol. The third-order valence-corrected chi connectivity index (χ3v) is 5.28. The fraction of sp³-hybridized carbons (Fsp3) is 0.235. The van der Waals surface area contributed by atoms with Crippen molar-refractivity contribution in [3.63, 3.8) is 0 Å². The molecule has 1 fully saturated rings. The molecule has 9 heteroatoms. The zero-order chi connectivity index (χ0) is 18.7. The molecule has 2 aromatic carbocycles. The zero-order valence-electron chi connectivity index (χ0n) is 13.6. The van der Waals surface area contributed by atoms with E-state index in [0.29, 0.717) is 5.56 Å². The smallest absolute Gasteiger partial charge is 0.261 e. The molecular weight excluding hydrogens is 363 g/mol. The van der Waals surface area contributed by atoms with Crippen LogP contribution < -0.4 is 10.0 Å². The lowest BCUT2D eigenvalue weighted by atomic mass is 10.0. The molecule has 0 radical (unpaired) electrons. The van der Waals surface area contributed by atoms with Crippen LogP contribution in [-0.4, -0.2) is 38.7 Å². The number of rotatable bonds is 5. The number of halogens is 1. The Hall–Kier alpha value is -2.49. The largest absolute Gasteiger partial charge is 0.386 e. The van der Waals surface area contributed by atoms with Gasteiger partial charge in [-0.05, 0) is 42.0 Å². The molecule has 1 heterocycles. The van der Waals surface area contributed by atoms with Crippen molar-refractivity contribution in [2.24, 2.45) is 0 Å². The lowest BCUT2D eigenvalue weighted by Gasteiger charge is -2.28. The van der Waals surface area contributed by atoms with Crippen LogP contribution in [-0.2, 0) is 19.6 Å². The second-order valence-electron chi connectivity index (χ2n) is 5.82. The highest BCUT2D eigenvalue weighted by Gasteiger charge is 2.26. The molecule has 0 spiro atoms. The summed E-state index contributed by atoms with van der Waals surface area (Å²) in [6.07, 6.45) is -0.984. The molecule has 0 aromatic heterocycles. The summed E-state index contributed by atoms with van der Waals surface area (Å²) >= 11 is 0. The molecule has 2 aromatic rings. The average Bonchev–Trinajstić information content (AvgIpc) is 2.62. The van der Waals surface area contributed by atoms with Gasteiger partial charge in [0.25, 0.3) is 10.0 Å². The maximum atomic E-state index is 12.9. The quantitative estimate of drug-likeness (QED) is 0.722. The maximum absolute atomic E-state index is 12.9. The molecule has 2 atom stereocenters. The van der Waals surface area contributed by atoms with E-state index in [4.69, 9.17) is 4.74 Å². The van der Waals surface area contributed by atoms with Gasteiger partial charge in [-0.1, -0.05) is 12.1 Å². The molecule has 1 amide bonds. The van der Waals surface area contributed by atoms with Crippen LogP contribution in [0.4, 0.5) is 10.1 Å². The number of benzene rings is 2. The first kappa shape index (κ1) is 18.3. The number of carbonyl (C=O) groups is 1. The first-order valence-corrected chi connectivity index (χ1v) is 9.27. The van der Waals surface area contributed by atoms with E-state index < -0.39 is 28.0 Å². The van der Waals surface area contributed by atoms with Crippen LogP contribution >= 0.6 is 0 Å². The topological polar surface area (TPSA) is 105 Å². The van der Waals surface area contributed by atoms with Crippen LogP contribution in [0, 0.1) is 5.82 Å². The van der Waals surface area contributed by atoms with Gasteiger partial charge in [0.2, 0.25) is 5.91 Å². The number of ether oxygens (including phenoxy) is 1. The lowest BCUT2D eigenvalue weighted by molar-refractivity contribution is -0.133. The fourth-order valence-electron chi connectivity index (χ4n) is 2.55. The van der Waals surface area contributed by atoms with Gasteiger partial charge in [0.15, 0.2) is 0 Å². The van der Waals surface area contributed by atoms with Crippen molar-refractivity contribution in [2.45, 2.75) is 17.0 Å². The molecule has 3 N–H and O–H groups in total. The van der Waals surface area contributed by atoms with Crippen LogP contribution in [0.2, 0.25) is 0 Å². The monoisotopic (exact) mass is 380 g/mol. The molecule has 3 rings (SSSR count). The van der Waals surface area contributed by atoms with Gasteiger partial charge in [-0.25, -0.2) is 12.8 Å². The first-order chi connectivity index (χ1) is 12.3. The standard InChI is InChI=1S/C17H17FN2O5S/c18-12-3-7-14(8-4-12)26(23,24)20-13-5-1-11(2-6-13)17(22)15-9-25-10-16(21)19-15/h1-8,15,17,20,22H,9-10H2,(H,19,21)/t15-,17-/m1/s1. The Bertz CT molecular complexity index is 884. The van der Waals surface area contributed by atoms with Gasteiger partial charge in [0.1, 0.15) is 18.5 Å². The number of nitrogens with one attached hydrogen (secondary N) is 2. The number of amides is 1. The Morgan fingerprint density at radius 2 is 1.81 bits per heavy atom. The van der Waals surface area contributed by atoms with Crippen molar-refractivity contribution >= 4 is 21.6 Å². The van der Waals surface area contributed by atoms with Crippen LogP contribution in [0.15, 0.2) is 53.4 Å². The number of anilines is 1. The molecule has 138 valence electrons. The minimum Gasteiger partial charge on any atom is -0.386 e. The van der Waals surface area contributed by atoms with Crippen molar-refractivity contribution in [3.8, 4) is 0 Å². The Balaban J connectivity index is 1.71. The second kappa shape index (κ2) is 7.40. The molecule has 26 heavy (non-hydrogen) atoms. The normalized spacial score (nSPS) is 18.8. The number of morpholine rings is 1. The van der Waals surface area contributed by atoms with Crippen LogP contribution in [0.1, 0.15) is 11.7 Å². The molecule has 1 aliphatic rings. The van der Waals surface area contributed by atoms with Crippen molar-refractivity contribution in [2.75, 3.05) is 17.9 Å². The Kier molecular flexibility index (Phi) is 5.21. The molecule has 0 unspecified atom stereocenters. The summed E-state index contributed by atoms with van der Waals surface area (Å²) in [5.41, 5.74) is 0.791. The van der Waals surface area contributed by atoms with E-state index in [2.05, 4.69) is 10.0 Å². The van der Waals surface area contributed by atoms with E-state index in [9.17, 15) is 22.7 Å². The summed E-state index contributed by atoms with van der Waals surface area (Å²) in [6, 6.07) is 9.97. The second-order valence-corrected chi connectivity index (χ2v) is 7.50. The van der Waals surface area contributed by atoms with Crippen molar-refractivity contribution < 1.29 is 27.4 Å². The summed E-state index contributed by atoms with van der Waals surface area (Å²) < 4.78 is 44.9. The molecule has 0 saturated carbocycles. The summed E-state index contributed by atoms with van der Waals surface area (Å²) in [5, 5.41) is 13.0.